The molecule has 3 N–H and O–H groups in total. The fourth-order valence-electron chi connectivity index (χ4n) is 0.966. The van der Waals surface area contributed by atoms with E-state index >= 15 is 0 Å². The number of carboxylic acid groups (broad SMARTS) is 1. The van der Waals surface area contributed by atoms with E-state index in [1.54, 1.807) is 0 Å². The van der Waals surface area contributed by atoms with Crippen LogP contribution in [0.3, 0.4) is 0 Å². The molecule has 0 fully saturated rings. The molecule has 0 radical (unpaired) electrons. The van der Waals surface area contributed by atoms with Crippen LogP contribution >= 0.6 is 0 Å². The number of carboxylic acids is 1. The Hall–Kier alpha value is -2.11. The van der Waals surface area contributed by atoms with Gasteiger partial charge in [-0.1, -0.05) is 0 Å². The summed E-state index contributed by atoms with van der Waals surface area (Å²) in [6.45, 7) is 1.22. The van der Waals surface area contributed by atoms with Gasteiger partial charge in [-0.15, -0.1) is 0 Å². The van der Waals surface area contributed by atoms with Crippen molar-refractivity contribution in [3.63, 3.8) is 0 Å². The van der Waals surface area contributed by atoms with Crippen molar-refractivity contribution in [3.05, 3.63) is 28.0 Å². The van der Waals surface area contributed by atoms with Gasteiger partial charge in [0.25, 0.3) is 0 Å². The topological polar surface area (TPSA) is 99.3 Å². The Bertz CT molecular complexity index is 435. The highest BCUT2D eigenvalue weighted by atomic mass is 16.4. The quantitative estimate of drug-likeness (QED) is 0.621. The van der Waals surface area contributed by atoms with Gasteiger partial charge in [0.2, 0.25) is 5.91 Å². The SMILES string of the molecule is CC(=O)Nc1[nH]ccc(=O)c1C(=O)O. The van der Waals surface area contributed by atoms with Crippen molar-refractivity contribution in [2.24, 2.45) is 0 Å². The fraction of sp³-hybridized carbons (Fsp3) is 0.125. The van der Waals surface area contributed by atoms with Crippen molar-refractivity contribution in [3.8, 4) is 0 Å². The van der Waals surface area contributed by atoms with Crippen molar-refractivity contribution < 1.29 is 14.7 Å². The highest BCUT2D eigenvalue weighted by molar-refractivity contribution is 5.98. The monoisotopic (exact) mass is 196 g/mol. The minimum Gasteiger partial charge on any atom is -0.477 e. The largest absolute Gasteiger partial charge is 0.477 e. The molecule has 0 aliphatic carbocycles. The minimum atomic E-state index is -1.38. The highest BCUT2D eigenvalue weighted by Crippen LogP contribution is 2.05. The summed E-state index contributed by atoms with van der Waals surface area (Å²) in [6, 6.07) is 1.08. The predicted molar refractivity (Wildman–Crippen MR) is 48.3 cm³/mol. The van der Waals surface area contributed by atoms with Crippen LogP contribution in [0.5, 0.6) is 0 Å². The van der Waals surface area contributed by atoms with Crippen molar-refractivity contribution in [2.75, 3.05) is 5.32 Å². The molecule has 1 heterocycles. The summed E-state index contributed by atoms with van der Waals surface area (Å²) in [7, 11) is 0. The van der Waals surface area contributed by atoms with Crippen LogP contribution in [-0.4, -0.2) is 22.0 Å². The highest BCUT2D eigenvalue weighted by Gasteiger charge is 2.14. The van der Waals surface area contributed by atoms with E-state index in [2.05, 4.69) is 10.3 Å². The molecule has 6 nitrogen and oxygen atoms in total. The first kappa shape index (κ1) is 9.97. The standard InChI is InChI=1S/C8H8N2O4/c1-4(11)10-7-6(8(13)14)5(12)2-3-9-7/h2-3H,1H3,(H,13,14)(H2,9,10,11,12). The molecule has 0 atom stereocenters. The summed E-state index contributed by atoms with van der Waals surface area (Å²) in [5.74, 6) is -1.93. The molecule has 0 saturated carbocycles. The fourth-order valence-corrected chi connectivity index (χ4v) is 0.966. The smallest absolute Gasteiger partial charge is 0.343 e. The third kappa shape index (κ3) is 1.98. The first-order chi connectivity index (χ1) is 6.52. The third-order valence-corrected chi connectivity index (χ3v) is 1.47. The van der Waals surface area contributed by atoms with Crippen LogP contribution in [-0.2, 0) is 4.79 Å². The number of carbonyl (C=O) groups is 2. The van der Waals surface area contributed by atoms with E-state index in [0.29, 0.717) is 0 Å². The summed E-state index contributed by atoms with van der Waals surface area (Å²) in [4.78, 5) is 34.9. The Morgan fingerprint density at radius 2 is 2.14 bits per heavy atom. The lowest BCUT2D eigenvalue weighted by molar-refractivity contribution is -0.114. The number of carbonyl (C=O) groups excluding carboxylic acids is 1. The van der Waals surface area contributed by atoms with Gasteiger partial charge in [-0.25, -0.2) is 4.79 Å². The van der Waals surface area contributed by atoms with Gasteiger partial charge in [0.05, 0.1) is 0 Å². The third-order valence-electron chi connectivity index (χ3n) is 1.47. The zero-order valence-corrected chi connectivity index (χ0v) is 7.33. The second-order valence-corrected chi connectivity index (χ2v) is 2.58. The number of aromatic amines is 1. The number of hydrogen-bond acceptors (Lipinski definition) is 3. The molecule has 0 bridgehead atoms. The number of aromatic carboxylic acids is 1. The molecular weight excluding hydrogens is 188 g/mol. The molecule has 0 unspecified atom stereocenters. The first-order valence-corrected chi connectivity index (χ1v) is 3.75. The van der Waals surface area contributed by atoms with Gasteiger partial charge in [-0.2, -0.15) is 0 Å². The van der Waals surface area contributed by atoms with Crippen LogP contribution in [0.25, 0.3) is 0 Å². The lowest BCUT2D eigenvalue weighted by Crippen LogP contribution is -2.20. The van der Waals surface area contributed by atoms with E-state index in [4.69, 9.17) is 5.11 Å². The number of nitrogens with one attached hydrogen (secondary N) is 2. The van der Waals surface area contributed by atoms with Crippen LogP contribution in [0, 0.1) is 0 Å². The maximum atomic E-state index is 11.1. The summed E-state index contributed by atoms with van der Waals surface area (Å²) in [6.07, 6.45) is 1.26. The first-order valence-electron chi connectivity index (χ1n) is 3.75. The number of rotatable bonds is 2. The van der Waals surface area contributed by atoms with Gasteiger partial charge in [-0.3, -0.25) is 9.59 Å². The maximum absolute atomic E-state index is 11.1. The number of pyridine rings is 1. The second kappa shape index (κ2) is 3.73. The number of aromatic nitrogens is 1. The van der Waals surface area contributed by atoms with E-state index in [1.165, 1.54) is 13.1 Å². The molecule has 0 aliphatic heterocycles. The van der Waals surface area contributed by atoms with Crippen LogP contribution in [0.15, 0.2) is 17.1 Å². The lowest BCUT2D eigenvalue weighted by Gasteiger charge is -2.04. The van der Waals surface area contributed by atoms with E-state index in [1.807, 2.05) is 0 Å². The molecule has 0 spiro atoms. The molecule has 6 heteroatoms. The van der Waals surface area contributed by atoms with Gasteiger partial charge < -0.3 is 15.4 Å². The van der Waals surface area contributed by atoms with Crippen molar-refractivity contribution in [1.82, 2.24) is 4.98 Å². The number of amides is 1. The average Bonchev–Trinajstić information content (AvgIpc) is 2.01. The molecule has 1 amide bonds. The van der Waals surface area contributed by atoms with E-state index in [0.717, 1.165) is 6.07 Å². The Kier molecular flexibility index (Phi) is 2.66. The Balaban J connectivity index is 3.28. The van der Waals surface area contributed by atoms with Crippen LogP contribution < -0.4 is 10.7 Å². The molecular formula is C8H8N2O4. The van der Waals surface area contributed by atoms with Crippen molar-refractivity contribution >= 4 is 17.7 Å². The molecule has 0 saturated heterocycles. The summed E-state index contributed by atoms with van der Waals surface area (Å²) in [5.41, 5.74) is -1.12. The molecule has 1 aromatic heterocycles. The van der Waals surface area contributed by atoms with E-state index in [9.17, 15) is 14.4 Å². The van der Waals surface area contributed by atoms with Gasteiger partial charge in [-0.05, 0) is 0 Å². The van der Waals surface area contributed by atoms with Gasteiger partial charge in [0, 0.05) is 19.2 Å². The summed E-state index contributed by atoms with van der Waals surface area (Å²) < 4.78 is 0. The number of H-pyrrole nitrogens is 1. The molecule has 1 rings (SSSR count). The Morgan fingerprint density at radius 3 is 2.64 bits per heavy atom. The van der Waals surface area contributed by atoms with Crippen LogP contribution in [0.4, 0.5) is 5.82 Å². The van der Waals surface area contributed by atoms with Crippen molar-refractivity contribution in [2.45, 2.75) is 6.92 Å². The predicted octanol–water partition coefficient (Wildman–Crippen LogP) is 0.0315. The van der Waals surface area contributed by atoms with Gasteiger partial charge in [0.15, 0.2) is 5.43 Å². The molecule has 14 heavy (non-hydrogen) atoms. The lowest BCUT2D eigenvalue weighted by atomic mass is 10.2. The Labute approximate surface area is 78.6 Å². The number of anilines is 1. The number of hydrogen-bond donors (Lipinski definition) is 3. The zero-order chi connectivity index (χ0) is 10.7. The summed E-state index contributed by atoms with van der Waals surface area (Å²) >= 11 is 0. The maximum Gasteiger partial charge on any atom is 0.343 e. The molecule has 1 aromatic rings. The summed E-state index contributed by atoms with van der Waals surface area (Å²) in [5, 5.41) is 10.9. The molecule has 0 aliphatic rings. The van der Waals surface area contributed by atoms with E-state index < -0.39 is 22.9 Å². The van der Waals surface area contributed by atoms with E-state index in [-0.39, 0.29) is 5.82 Å². The second-order valence-electron chi connectivity index (χ2n) is 2.58. The van der Waals surface area contributed by atoms with Crippen LogP contribution in [0.2, 0.25) is 0 Å². The Morgan fingerprint density at radius 1 is 1.50 bits per heavy atom. The zero-order valence-electron chi connectivity index (χ0n) is 7.33. The van der Waals surface area contributed by atoms with Crippen LogP contribution in [0.1, 0.15) is 17.3 Å². The van der Waals surface area contributed by atoms with Gasteiger partial charge >= 0.3 is 5.97 Å². The van der Waals surface area contributed by atoms with Gasteiger partial charge in [0.1, 0.15) is 11.4 Å². The molecule has 0 aromatic carbocycles. The normalized spacial score (nSPS) is 9.50. The minimum absolute atomic E-state index is 0.0995. The molecule has 74 valence electrons. The van der Waals surface area contributed by atoms with Crippen molar-refractivity contribution in [1.29, 1.82) is 0 Å². The average molecular weight is 196 g/mol.